The number of carbonyl (C=O) groups is 2. The minimum Gasteiger partial charge on any atom is -0.495 e. The standard InChI is InChI=1S/C22H24N2O4/c1-14-10-17-16(13-28-20(17)11-15(14)2)12-22(26)24(9-8-21(23)25)18-6-4-5-7-19(18)27-3/h4-7,10-11,13H,8-9,12H2,1-3H3,(H2,23,25). The van der Waals surface area contributed by atoms with Crippen LogP contribution >= 0.6 is 0 Å². The number of aryl methyl sites for hydroxylation is 2. The lowest BCUT2D eigenvalue weighted by molar-refractivity contribution is -0.118. The van der Waals surface area contributed by atoms with E-state index in [1.165, 1.54) is 0 Å². The first-order valence-corrected chi connectivity index (χ1v) is 9.09. The predicted octanol–water partition coefficient (Wildman–Crippen LogP) is 3.51. The van der Waals surface area contributed by atoms with Crippen LogP contribution in [0.4, 0.5) is 5.69 Å². The van der Waals surface area contributed by atoms with E-state index in [-0.39, 0.29) is 25.3 Å². The lowest BCUT2D eigenvalue weighted by Crippen LogP contribution is -2.35. The molecule has 1 heterocycles. The Kier molecular flexibility index (Phi) is 5.68. The minimum atomic E-state index is -0.465. The van der Waals surface area contributed by atoms with E-state index >= 15 is 0 Å². The number of furan rings is 1. The van der Waals surface area contributed by atoms with Crippen LogP contribution in [0.2, 0.25) is 0 Å². The molecule has 0 aliphatic carbocycles. The molecule has 6 heteroatoms. The monoisotopic (exact) mass is 380 g/mol. The van der Waals surface area contributed by atoms with Crippen molar-refractivity contribution in [1.29, 1.82) is 0 Å². The summed E-state index contributed by atoms with van der Waals surface area (Å²) in [6.07, 6.45) is 1.83. The maximum absolute atomic E-state index is 13.2. The van der Waals surface area contributed by atoms with Gasteiger partial charge in [-0.2, -0.15) is 0 Å². The molecule has 3 rings (SSSR count). The Hall–Kier alpha value is -3.28. The number of methoxy groups -OCH3 is 1. The highest BCUT2D eigenvalue weighted by atomic mass is 16.5. The summed E-state index contributed by atoms with van der Waals surface area (Å²) < 4.78 is 11.0. The molecule has 0 fully saturated rings. The van der Waals surface area contributed by atoms with Crippen LogP contribution in [0.1, 0.15) is 23.1 Å². The van der Waals surface area contributed by atoms with Crippen LogP contribution in [0.25, 0.3) is 11.0 Å². The Morgan fingerprint density at radius 3 is 2.57 bits per heavy atom. The van der Waals surface area contributed by atoms with Crippen molar-refractivity contribution in [1.82, 2.24) is 0 Å². The summed E-state index contributed by atoms with van der Waals surface area (Å²) in [6, 6.07) is 11.2. The number of amides is 2. The van der Waals surface area contributed by atoms with Crippen molar-refractivity contribution in [2.45, 2.75) is 26.7 Å². The van der Waals surface area contributed by atoms with Gasteiger partial charge >= 0.3 is 0 Å². The molecular weight excluding hydrogens is 356 g/mol. The van der Waals surface area contributed by atoms with Gasteiger partial charge in [0.15, 0.2) is 0 Å². The fraction of sp³-hybridized carbons (Fsp3) is 0.273. The second-order valence-electron chi connectivity index (χ2n) is 6.80. The molecule has 2 N–H and O–H groups in total. The number of hydrogen-bond acceptors (Lipinski definition) is 4. The molecule has 0 bridgehead atoms. The minimum absolute atomic E-state index is 0.0637. The Morgan fingerprint density at radius 1 is 1.14 bits per heavy atom. The molecule has 6 nitrogen and oxygen atoms in total. The summed E-state index contributed by atoms with van der Waals surface area (Å²) in [4.78, 5) is 26.0. The molecule has 0 aliphatic rings. The zero-order valence-electron chi connectivity index (χ0n) is 16.3. The van der Waals surface area contributed by atoms with E-state index in [4.69, 9.17) is 14.9 Å². The number of hydrogen-bond donors (Lipinski definition) is 1. The number of nitrogens with two attached hydrogens (primary N) is 1. The Labute approximate surface area is 163 Å². The van der Waals surface area contributed by atoms with Gasteiger partial charge < -0.3 is 19.8 Å². The number of benzene rings is 2. The maximum Gasteiger partial charge on any atom is 0.231 e. The molecule has 0 atom stereocenters. The van der Waals surface area contributed by atoms with E-state index in [2.05, 4.69) is 0 Å². The molecular formula is C22H24N2O4. The van der Waals surface area contributed by atoms with E-state index in [1.54, 1.807) is 30.4 Å². The third-order valence-electron chi connectivity index (χ3n) is 4.87. The Morgan fingerprint density at radius 2 is 1.86 bits per heavy atom. The molecule has 2 aromatic carbocycles. The highest BCUT2D eigenvalue weighted by Gasteiger charge is 2.22. The molecule has 0 aliphatic heterocycles. The van der Waals surface area contributed by atoms with Gasteiger partial charge in [0.05, 0.1) is 25.5 Å². The normalized spacial score (nSPS) is 10.8. The Balaban J connectivity index is 1.93. The third-order valence-corrected chi connectivity index (χ3v) is 4.87. The number of carbonyl (C=O) groups excluding carboxylic acids is 2. The van der Waals surface area contributed by atoms with Crippen molar-refractivity contribution in [2.75, 3.05) is 18.6 Å². The number of fused-ring (bicyclic) bond motifs is 1. The topological polar surface area (TPSA) is 85.8 Å². The van der Waals surface area contributed by atoms with Crippen LogP contribution in [-0.2, 0) is 16.0 Å². The molecule has 0 saturated heterocycles. The van der Waals surface area contributed by atoms with Crippen LogP contribution in [0.15, 0.2) is 47.1 Å². The van der Waals surface area contributed by atoms with Crippen molar-refractivity contribution in [3.8, 4) is 5.75 Å². The first kappa shape index (κ1) is 19.5. The van der Waals surface area contributed by atoms with Gasteiger partial charge in [-0.05, 0) is 49.2 Å². The average molecular weight is 380 g/mol. The third kappa shape index (κ3) is 4.01. The molecule has 0 saturated carbocycles. The molecule has 1 aromatic heterocycles. The van der Waals surface area contributed by atoms with Gasteiger partial charge in [0, 0.05) is 23.9 Å². The van der Waals surface area contributed by atoms with Gasteiger partial charge in [0.25, 0.3) is 0 Å². The average Bonchev–Trinajstić information content (AvgIpc) is 3.04. The zero-order chi connectivity index (χ0) is 20.3. The van der Waals surface area contributed by atoms with Crippen molar-refractivity contribution < 1.29 is 18.7 Å². The van der Waals surface area contributed by atoms with E-state index in [0.717, 1.165) is 27.7 Å². The van der Waals surface area contributed by atoms with Crippen LogP contribution in [-0.4, -0.2) is 25.5 Å². The molecule has 0 radical (unpaired) electrons. The molecule has 0 spiro atoms. The van der Waals surface area contributed by atoms with Gasteiger partial charge in [0.1, 0.15) is 11.3 Å². The van der Waals surface area contributed by atoms with Crippen molar-refractivity contribution in [3.63, 3.8) is 0 Å². The molecule has 28 heavy (non-hydrogen) atoms. The largest absolute Gasteiger partial charge is 0.495 e. The molecule has 146 valence electrons. The predicted molar refractivity (Wildman–Crippen MR) is 109 cm³/mol. The first-order valence-electron chi connectivity index (χ1n) is 9.09. The van der Waals surface area contributed by atoms with Gasteiger partial charge in [-0.25, -0.2) is 0 Å². The van der Waals surface area contributed by atoms with E-state index < -0.39 is 5.91 Å². The SMILES string of the molecule is COc1ccccc1N(CCC(N)=O)C(=O)Cc1coc2cc(C)c(C)cc12. The highest BCUT2D eigenvalue weighted by Crippen LogP contribution is 2.30. The number of rotatable bonds is 7. The van der Waals surface area contributed by atoms with E-state index in [0.29, 0.717) is 11.4 Å². The maximum atomic E-state index is 13.2. The first-order chi connectivity index (χ1) is 13.4. The van der Waals surface area contributed by atoms with E-state index in [1.807, 2.05) is 38.1 Å². The summed E-state index contributed by atoms with van der Waals surface area (Å²) in [6.45, 7) is 4.24. The number of para-hydroxylation sites is 2. The summed E-state index contributed by atoms with van der Waals surface area (Å²) >= 11 is 0. The molecule has 2 amide bonds. The number of primary amides is 1. The summed E-state index contributed by atoms with van der Waals surface area (Å²) in [7, 11) is 1.55. The number of anilines is 1. The quantitative estimate of drug-likeness (QED) is 0.680. The second-order valence-corrected chi connectivity index (χ2v) is 6.80. The number of ether oxygens (including phenoxy) is 1. The smallest absolute Gasteiger partial charge is 0.231 e. The lowest BCUT2D eigenvalue weighted by atomic mass is 10.0. The second kappa shape index (κ2) is 8.17. The summed E-state index contributed by atoms with van der Waals surface area (Å²) in [5, 5.41) is 0.923. The van der Waals surface area contributed by atoms with Gasteiger partial charge in [-0.3, -0.25) is 9.59 Å². The van der Waals surface area contributed by atoms with Gasteiger partial charge in [-0.1, -0.05) is 12.1 Å². The molecule has 3 aromatic rings. The van der Waals surface area contributed by atoms with Crippen molar-refractivity contribution in [3.05, 3.63) is 59.4 Å². The fourth-order valence-electron chi connectivity index (χ4n) is 3.19. The van der Waals surface area contributed by atoms with Gasteiger partial charge in [0.2, 0.25) is 11.8 Å². The fourth-order valence-corrected chi connectivity index (χ4v) is 3.19. The highest BCUT2D eigenvalue weighted by molar-refractivity contribution is 5.99. The van der Waals surface area contributed by atoms with Crippen LogP contribution in [0.5, 0.6) is 5.75 Å². The summed E-state index contributed by atoms with van der Waals surface area (Å²) in [5.41, 5.74) is 9.75. The Bertz CT molecular complexity index is 1020. The van der Waals surface area contributed by atoms with Gasteiger partial charge in [-0.15, -0.1) is 0 Å². The van der Waals surface area contributed by atoms with E-state index in [9.17, 15) is 9.59 Å². The van der Waals surface area contributed by atoms with Crippen molar-refractivity contribution >= 4 is 28.5 Å². The van der Waals surface area contributed by atoms with Crippen LogP contribution < -0.4 is 15.4 Å². The number of nitrogens with zero attached hydrogens (tertiary/aromatic N) is 1. The lowest BCUT2D eigenvalue weighted by Gasteiger charge is -2.24. The summed E-state index contributed by atoms with van der Waals surface area (Å²) in [5.74, 6) is -0.0666. The molecule has 0 unspecified atom stereocenters. The zero-order valence-corrected chi connectivity index (χ0v) is 16.3. The van der Waals surface area contributed by atoms with Crippen molar-refractivity contribution in [2.24, 2.45) is 5.73 Å². The van der Waals surface area contributed by atoms with Crippen LogP contribution in [0, 0.1) is 13.8 Å². The van der Waals surface area contributed by atoms with Crippen LogP contribution in [0.3, 0.4) is 0 Å².